The van der Waals surface area contributed by atoms with Crippen LogP contribution in [0.25, 0.3) is 16.6 Å². The summed E-state index contributed by atoms with van der Waals surface area (Å²) in [5.74, 6) is 0.780. The van der Waals surface area contributed by atoms with E-state index in [-0.39, 0.29) is 0 Å². The highest BCUT2D eigenvalue weighted by molar-refractivity contribution is 7.92. The van der Waals surface area contributed by atoms with Crippen molar-refractivity contribution in [2.75, 3.05) is 28.2 Å². The molecule has 0 aliphatic rings. The first kappa shape index (κ1) is 21.2. The number of aromatic nitrogens is 6. The standard InChI is InChI=1S/C20H21N9O2S/c1-12(2)14-11-23-20(26-13-9-24-25-10-13)28-19(14)27-16-6-5-15-17(22-8-7-21-15)18(16)29(3)32(4,30)31/h5-11H,1H2,2-4H3,(H,24,25)(H2,23,26,27,28). The maximum Gasteiger partial charge on any atom is 0.232 e. The molecule has 0 amide bonds. The number of hydrogen-bond donors (Lipinski definition) is 3. The van der Waals surface area contributed by atoms with Crippen molar-refractivity contribution in [3.8, 4) is 0 Å². The van der Waals surface area contributed by atoms with Gasteiger partial charge >= 0.3 is 0 Å². The first-order valence-electron chi connectivity index (χ1n) is 9.47. The van der Waals surface area contributed by atoms with Crippen LogP contribution in [-0.4, -0.2) is 51.9 Å². The van der Waals surface area contributed by atoms with Crippen molar-refractivity contribution in [3.63, 3.8) is 0 Å². The van der Waals surface area contributed by atoms with Crippen LogP contribution in [0.15, 0.2) is 49.7 Å². The average Bonchev–Trinajstić information content (AvgIpc) is 3.25. The highest BCUT2D eigenvalue weighted by atomic mass is 32.2. The Morgan fingerprint density at radius 3 is 2.59 bits per heavy atom. The van der Waals surface area contributed by atoms with Gasteiger partial charge in [0, 0.05) is 37.4 Å². The average molecular weight is 452 g/mol. The van der Waals surface area contributed by atoms with Crippen LogP contribution < -0.4 is 14.9 Å². The van der Waals surface area contributed by atoms with E-state index in [1.807, 2.05) is 6.92 Å². The van der Waals surface area contributed by atoms with E-state index in [1.54, 1.807) is 36.9 Å². The fraction of sp³-hybridized carbons (Fsp3) is 0.150. The lowest BCUT2D eigenvalue weighted by Gasteiger charge is -2.22. The molecule has 1 aromatic carbocycles. The Labute approximate surface area is 184 Å². The Morgan fingerprint density at radius 1 is 1.12 bits per heavy atom. The van der Waals surface area contributed by atoms with Crippen molar-refractivity contribution in [1.82, 2.24) is 30.1 Å². The third kappa shape index (κ3) is 4.21. The third-order valence-electron chi connectivity index (χ3n) is 4.68. The van der Waals surface area contributed by atoms with E-state index in [1.165, 1.54) is 17.5 Å². The maximum absolute atomic E-state index is 12.4. The van der Waals surface area contributed by atoms with Gasteiger partial charge in [0.2, 0.25) is 16.0 Å². The van der Waals surface area contributed by atoms with E-state index < -0.39 is 10.0 Å². The van der Waals surface area contributed by atoms with Gasteiger partial charge in [0.05, 0.1) is 29.3 Å². The number of allylic oxidation sites excluding steroid dienone is 1. The van der Waals surface area contributed by atoms with Crippen molar-refractivity contribution in [3.05, 3.63) is 55.3 Å². The molecule has 0 aliphatic heterocycles. The van der Waals surface area contributed by atoms with E-state index in [0.29, 0.717) is 45.4 Å². The summed E-state index contributed by atoms with van der Waals surface area (Å²) in [6.07, 6.45) is 9.11. The molecule has 0 radical (unpaired) electrons. The van der Waals surface area contributed by atoms with Crippen LogP contribution in [0.5, 0.6) is 0 Å². The summed E-state index contributed by atoms with van der Waals surface area (Å²) >= 11 is 0. The van der Waals surface area contributed by atoms with Gasteiger partial charge in [0.1, 0.15) is 17.0 Å². The number of anilines is 5. The fourth-order valence-corrected chi connectivity index (χ4v) is 3.55. The molecule has 3 aromatic heterocycles. The summed E-state index contributed by atoms with van der Waals surface area (Å²) in [6, 6.07) is 3.50. The molecule has 0 spiro atoms. The Morgan fingerprint density at radius 2 is 1.91 bits per heavy atom. The number of H-pyrrole nitrogens is 1. The minimum Gasteiger partial charge on any atom is -0.338 e. The lowest BCUT2D eigenvalue weighted by molar-refractivity contribution is 0.600. The zero-order valence-electron chi connectivity index (χ0n) is 17.7. The minimum absolute atomic E-state index is 0.331. The van der Waals surface area contributed by atoms with Crippen molar-refractivity contribution >= 4 is 55.5 Å². The van der Waals surface area contributed by atoms with Gasteiger partial charge in [-0.2, -0.15) is 10.1 Å². The first-order chi connectivity index (χ1) is 15.2. The van der Waals surface area contributed by atoms with Crippen LogP contribution >= 0.6 is 0 Å². The second kappa shape index (κ2) is 8.23. The molecule has 4 rings (SSSR count). The zero-order valence-corrected chi connectivity index (χ0v) is 18.5. The molecule has 0 saturated heterocycles. The van der Waals surface area contributed by atoms with Crippen molar-refractivity contribution < 1.29 is 8.42 Å². The summed E-state index contributed by atoms with van der Waals surface area (Å²) in [7, 11) is -2.11. The normalized spacial score (nSPS) is 11.3. The molecule has 3 N–H and O–H groups in total. The summed E-state index contributed by atoms with van der Waals surface area (Å²) in [6.45, 7) is 5.83. The number of aromatic amines is 1. The number of hydrogen-bond acceptors (Lipinski definition) is 9. The van der Waals surface area contributed by atoms with Gasteiger partial charge in [0.15, 0.2) is 0 Å². The molecule has 0 aliphatic carbocycles. The van der Waals surface area contributed by atoms with Crippen LogP contribution in [0.4, 0.5) is 28.8 Å². The Kier molecular flexibility index (Phi) is 5.45. The Hall–Kier alpha value is -4.06. The molecule has 0 saturated carbocycles. The second-order valence-electron chi connectivity index (χ2n) is 7.09. The lowest BCUT2D eigenvalue weighted by atomic mass is 10.1. The van der Waals surface area contributed by atoms with Gasteiger partial charge in [-0.15, -0.1) is 0 Å². The molecule has 12 heteroatoms. The number of nitrogens with zero attached hydrogens (tertiary/aromatic N) is 6. The third-order valence-corrected chi connectivity index (χ3v) is 5.86. The monoisotopic (exact) mass is 451 g/mol. The second-order valence-corrected chi connectivity index (χ2v) is 9.10. The zero-order chi connectivity index (χ0) is 22.9. The highest BCUT2D eigenvalue weighted by Crippen LogP contribution is 2.36. The Bertz CT molecular complexity index is 1400. The largest absolute Gasteiger partial charge is 0.338 e. The molecular formula is C20H21N9O2S. The first-order valence-corrected chi connectivity index (χ1v) is 11.3. The van der Waals surface area contributed by atoms with Crippen LogP contribution in [-0.2, 0) is 10.0 Å². The number of sulfonamides is 1. The number of fused-ring (bicyclic) bond motifs is 1. The van der Waals surface area contributed by atoms with Gasteiger partial charge in [-0.05, 0) is 24.6 Å². The van der Waals surface area contributed by atoms with Crippen LogP contribution in [0, 0.1) is 0 Å². The predicted molar refractivity (Wildman–Crippen MR) is 125 cm³/mol. The number of nitrogens with one attached hydrogen (secondary N) is 3. The van der Waals surface area contributed by atoms with Gasteiger partial charge in [0.25, 0.3) is 0 Å². The molecule has 4 aromatic rings. The van der Waals surface area contributed by atoms with Gasteiger partial charge in [-0.3, -0.25) is 19.4 Å². The number of benzene rings is 1. The number of rotatable bonds is 7. The smallest absolute Gasteiger partial charge is 0.232 e. The molecule has 0 unspecified atom stereocenters. The molecule has 0 fully saturated rings. The van der Waals surface area contributed by atoms with E-state index in [9.17, 15) is 8.42 Å². The summed E-state index contributed by atoms with van der Waals surface area (Å²) < 4.78 is 25.9. The molecule has 0 bridgehead atoms. The molecule has 32 heavy (non-hydrogen) atoms. The summed E-state index contributed by atoms with van der Waals surface area (Å²) in [5, 5.41) is 12.9. The van der Waals surface area contributed by atoms with Crippen molar-refractivity contribution in [2.45, 2.75) is 6.92 Å². The fourth-order valence-electron chi connectivity index (χ4n) is 3.03. The SMILES string of the molecule is C=C(C)c1cnc(Nc2cn[nH]c2)nc1Nc1ccc2nccnc2c1N(C)S(C)(=O)=O. The topological polar surface area (TPSA) is 142 Å². The van der Waals surface area contributed by atoms with E-state index in [2.05, 4.69) is 47.3 Å². The van der Waals surface area contributed by atoms with E-state index in [4.69, 9.17) is 0 Å². The minimum atomic E-state index is -3.58. The van der Waals surface area contributed by atoms with Gasteiger partial charge < -0.3 is 10.6 Å². The highest BCUT2D eigenvalue weighted by Gasteiger charge is 2.22. The molecule has 164 valence electrons. The molecule has 11 nitrogen and oxygen atoms in total. The van der Waals surface area contributed by atoms with Crippen LogP contribution in [0.3, 0.4) is 0 Å². The molecule has 0 atom stereocenters. The van der Waals surface area contributed by atoms with Crippen LogP contribution in [0.2, 0.25) is 0 Å². The van der Waals surface area contributed by atoms with E-state index in [0.717, 1.165) is 11.8 Å². The maximum atomic E-state index is 12.4. The summed E-state index contributed by atoms with van der Waals surface area (Å²) in [4.78, 5) is 17.5. The van der Waals surface area contributed by atoms with Crippen molar-refractivity contribution in [1.29, 1.82) is 0 Å². The molecular weight excluding hydrogens is 430 g/mol. The van der Waals surface area contributed by atoms with Gasteiger partial charge in [-0.1, -0.05) is 6.58 Å². The quantitative estimate of drug-likeness (QED) is 0.386. The van der Waals surface area contributed by atoms with Crippen molar-refractivity contribution in [2.24, 2.45) is 0 Å². The van der Waals surface area contributed by atoms with E-state index >= 15 is 0 Å². The molecule has 3 heterocycles. The van der Waals surface area contributed by atoms with Gasteiger partial charge in [-0.25, -0.2) is 13.4 Å². The van der Waals surface area contributed by atoms with Crippen LogP contribution in [0.1, 0.15) is 12.5 Å². The predicted octanol–water partition coefficient (Wildman–Crippen LogP) is 3.06. The lowest BCUT2D eigenvalue weighted by Crippen LogP contribution is -2.26. The summed E-state index contributed by atoms with van der Waals surface area (Å²) in [5.41, 5.74) is 3.95. The Balaban J connectivity index is 1.84.